The van der Waals surface area contributed by atoms with Crippen LogP contribution < -0.4 is 0 Å². The molecule has 2 aromatic carbocycles. The molecule has 0 aromatic heterocycles. The van der Waals surface area contributed by atoms with Gasteiger partial charge in [-0.2, -0.15) is 0 Å². The van der Waals surface area contributed by atoms with Crippen molar-refractivity contribution in [1.82, 2.24) is 0 Å². The average Bonchev–Trinajstić information content (AvgIpc) is 2.63. The molecule has 0 amide bonds. The van der Waals surface area contributed by atoms with E-state index in [0.29, 0.717) is 5.56 Å². The molecule has 0 spiro atoms. The number of hydrogen-bond acceptors (Lipinski definition) is 2. The predicted molar refractivity (Wildman–Crippen MR) is 98.1 cm³/mol. The number of aliphatic carboxylic acids is 1. The summed E-state index contributed by atoms with van der Waals surface area (Å²) in [6, 6.07) is 16.9. The first-order valence-electron chi connectivity index (χ1n) is 7.97. The summed E-state index contributed by atoms with van der Waals surface area (Å²) in [5, 5.41) is 9.19. The Labute approximate surface area is 143 Å². The predicted octanol–water partition coefficient (Wildman–Crippen LogP) is 5.23. The van der Waals surface area contributed by atoms with E-state index < -0.39 is 11.4 Å². The summed E-state index contributed by atoms with van der Waals surface area (Å²) in [5.41, 5.74) is 1.30. The Bertz CT molecular complexity index is 711. The molecule has 0 saturated carbocycles. The first kappa shape index (κ1) is 19.4. The van der Waals surface area contributed by atoms with E-state index in [1.807, 2.05) is 56.3 Å². The van der Waals surface area contributed by atoms with E-state index in [1.165, 1.54) is 13.8 Å². The number of ketones is 1. The fourth-order valence-electron chi connectivity index (χ4n) is 2.03. The van der Waals surface area contributed by atoms with Crippen LogP contribution >= 0.6 is 0 Å². The monoisotopic (exact) mass is 324 g/mol. The molecule has 1 N–H and O–H groups in total. The van der Waals surface area contributed by atoms with Crippen LogP contribution in [0.1, 0.15) is 38.1 Å². The van der Waals surface area contributed by atoms with E-state index in [9.17, 15) is 14.7 Å². The SMILES string of the molecule is C=C(C(=O)c1ccc(-c2ccccc2)cc1)C(C)(C)C(=O)O.CC. The van der Waals surface area contributed by atoms with Gasteiger partial charge in [0.05, 0.1) is 5.41 Å². The van der Waals surface area contributed by atoms with Crippen LogP contribution in [0.3, 0.4) is 0 Å². The summed E-state index contributed by atoms with van der Waals surface area (Å²) in [6.45, 7) is 10.6. The molecule has 0 radical (unpaired) electrons. The molecule has 0 aliphatic rings. The zero-order valence-corrected chi connectivity index (χ0v) is 14.7. The van der Waals surface area contributed by atoms with Gasteiger partial charge < -0.3 is 5.11 Å². The summed E-state index contributed by atoms with van der Waals surface area (Å²) < 4.78 is 0. The lowest BCUT2D eigenvalue weighted by Crippen LogP contribution is -2.29. The molecule has 0 unspecified atom stereocenters. The van der Waals surface area contributed by atoms with E-state index in [2.05, 4.69) is 6.58 Å². The lowest BCUT2D eigenvalue weighted by atomic mass is 9.81. The van der Waals surface area contributed by atoms with Gasteiger partial charge in [0.15, 0.2) is 5.78 Å². The lowest BCUT2D eigenvalue weighted by Gasteiger charge is -2.21. The highest BCUT2D eigenvalue weighted by Crippen LogP contribution is 2.29. The minimum atomic E-state index is -1.28. The van der Waals surface area contributed by atoms with Gasteiger partial charge in [0.2, 0.25) is 0 Å². The highest BCUT2D eigenvalue weighted by Gasteiger charge is 2.34. The van der Waals surface area contributed by atoms with Crippen LogP contribution in [0.15, 0.2) is 66.7 Å². The molecule has 2 aromatic rings. The van der Waals surface area contributed by atoms with Crippen molar-refractivity contribution in [2.24, 2.45) is 5.41 Å². The number of carboxylic acid groups (broad SMARTS) is 1. The van der Waals surface area contributed by atoms with Crippen molar-refractivity contribution >= 4 is 11.8 Å². The van der Waals surface area contributed by atoms with Crippen molar-refractivity contribution in [2.75, 3.05) is 0 Å². The second-order valence-corrected chi connectivity index (χ2v) is 5.68. The Morgan fingerprint density at radius 2 is 1.33 bits per heavy atom. The highest BCUT2D eigenvalue weighted by atomic mass is 16.4. The standard InChI is InChI=1S/C19H18O3.C2H6/c1-13(19(2,3)18(21)22)17(20)16-11-9-15(10-12-16)14-7-5-4-6-8-14;1-2/h4-12H,1H2,2-3H3,(H,21,22);1-2H3. The van der Waals surface area contributed by atoms with Crippen LogP contribution in [0.4, 0.5) is 0 Å². The van der Waals surface area contributed by atoms with E-state index >= 15 is 0 Å². The molecule has 0 fully saturated rings. The van der Waals surface area contributed by atoms with Gasteiger partial charge >= 0.3 is 5.97 Å². The molecular weight excluding hydrogens is 300 g/mol. The molecule has 0 saturated heterocycles. The molecular formula is C21H24O3. The second-order valence-electron chi connectivity index (χ2n) is 5.68. The zero-order valence-electron chi connectivity index (χ0n) is 14.7. The third-order valence-electron chi connectivity index (χ3n) is 3.82. The van der Waals surface area contributed by atoms with Crippen molar-refractivity contribution < 1.29 is 14.7 Å². The van der Waals surface area contributed by atoms with E-state index in [0.717, 1.165) is 11.1 Å². The fraction of sp³-hybridized carbons (Fsp3) is 0.238. The maximum absolute atomic E-state index is 12.4. The van der Waals surface area contributed by atoms with Crippen molar-refractivity contribution in [1.29, 1.82) is 0 Å². The summed E-state index contributed by atoms with van der Waals surface area (Å²) in [4.78, 5) is 23.6. The van der Waals surface area contributed by atoms with Crippen LogP contribution in [0, 0.1) is 5.41 Å². The quantitative estimate of drug-likeness (QED) is 0.605. The van der Waals surface area contributed by atoms with Crippen molar-refractivity contribution in [3.8, 4) is 11.1 Å². The Morgan fingerprint density at radius 3 is 1.79 bits per heavy atom. The van der Waals surface area contributed by atoms with E-state index in [4.69, 9.17) is 0 Å². The molecule has 3 nitrogen and oxygen atoms in total. The molecule has 2 rings (SSSR count). The van der Waals surface area contributed by atoms with Gasteiger partial charge in [-0.3, -0.25) is 9.59 Å². The summed E-state index contributed by atoms with van der Waals surface area (Å²) in [7, 11) is 0. The number of rotatable bonds is 5. The Hall–Kier alpha value is -2.68. The van der Waals surface area contributed by atoms with Gasteiger partial charge in [0.1, 0.15) is 0 Å². The topological polar surface area (TPSA) is 54.4 Å². The van der Waals surface area contributed by atoms with Crippen LogP contribution in [0.25, 0.3) is 11.1 Å². The average molecular weight is 324 g/mol. The third kappa shape index (κ3) is 4.19. The van der Waals surface area contributed by atoms with Gasteiger partial charge in [-0.1, -0.05) is 75.0 Å². The summed E-state index contributed by atoms with van der Waals surface area (Å²) >= 11 is 0. The minimum Gasteiger partial charge on any atom is -0.481 e. The second kappa shape index (κ2) is 8.25. The molecule has 0 heterocycles. The van der Waals surface area contributed by atoms with Gasteiger partial charge in [-0.25, -0.2) is 0 Å². The van der Waals surface area contributed by atoms with Gasteiger partial charge in [-0.15, -0.1) is 0 Å². The highest BCUT2D eigenvalue weighted by molar-refractivity contribution is 6.12. The normalized spacial score (nSPS) is 10.3. The lowest BCUT2D eigenvalue weighted by molar-refractivity contribution is -0.144. The van der Waals surface area contributed by atoms with Gasteiger partial charge in [0, 0.05) is 11.1 Å². The Balaban J connectivity index is 0.00000139. The number of hydrogen-bond donors (Lipinski definition) is 1. The molecule has 0 aliphatic carbocycles. The zero-order chi connectivity index (χ0) is 18.3. The molecule has 24 heavy (non-hydrogen) atoms. The smallest absolute Gasteiger partial charge is 0.313 e. The largest absolute Gasteiger partial charge is 0.481 e. The van der Waals surface area contributed by atoms with Crippen LogP contribution in [0.5, 0.6) is 0 Å². The Kier molecular flexibility index (Phi) is 6.66. The molecule has 0 bridgehead atoms. The number of Topliss-reactive ketones (excluding diaryl/α,β-unsaturated/α-hetero) is 1. The van der Waals surface area contributed by atoms with Gasteiger partial charge in [-0.05, 0) is 25.0 Å². The number of carbonyl (C=O) groups is 2. The number of carboxylic acids is 1. The Morgan fingerprint density at radius 1 is 0.875 bits per heavy atom. The molecule has 3 heteroatoms. The summed E-state index contributed by atoms with van der Waals surface area (Å²) in [5.74, 6) is -1.40. The minimum absolute atomic E-state index is 0.0764. The van der Waals surface area contributed by atoms with Crippen LogP contribution in [-0.2, 0) is 4.79 Å². The van der Waals surface area contributed by atoms with E-state index in [1.54, 1.807) is 12.1 Å². The van der Waals surface area contributed by atoms with Crippen molar-refractivity contribution in [3.63, 3.8) is 0 Å². The summed E-state index contributed by atoms with van der Waals surface area (Å²) in [6.07, 6.45) is 0. The van der Waals surface area contributed by atoms with Crippen molar-refractivity contribution in [2.45, 2.75) is 27.7 Å². The maximum atomic E-state index is 12.4. The molecule has 0 atom stereocenters. The van der Waals surface area contributed by atoms with Gasteiger partial charge in [0.25, 0.3) is 0 Å². The number of carbonyl (C=O) groups excluding carboxylic acids is 1. The molecule has 0 aliphatic heterocycles. The first-order valence-corrected chi connectivity index (χ1v) is 7.97. The van der Waals surface area contributed by atoms with E-state index in [-0.39, 0.29) is 11.4 Å². The first-order chi connectivity index (χ1) is 11.3. The molecule has 126 valence electrons. The third-order valence-corrected chi connectivity index (χ3v) is 3.82. The maximum Gasteiger partial charge on any atom is 0.313 e. The number of benzene rings is 2. The van der Waals surface area contributed by atoms with Crippen LogP contribution in [0.2, 0.25) is 0 Å². The van der Waals surface area contributed by atoms with Crippen molar-refractivity contribution in [3.05, 3.63) is 72.3 Å². The fourth-order valence-corrected chi connectivity index (χ4v) is 2.03. The van der Waals surface area contributed by atoms with Crippen LogP contribution in [-0.4, -0.2) is 16.9 Å².